The van der Waals surface area contributed by atoms with Gasteiger partial charge in [-0.1, -0.05) is 24.3 Å². The normalized spacial score (nSPS) is 14.9. The van der Waals surface area contributed by atoms with E-state index in [0.717, 1.165) is 36.2 Å². The third-order valence-electron chi connectivity index (χ3n) is 5.57. The molecular formula is C23H21F3N4O2. The Morgan fingerprint density at radius 2 is 1.62 bits per heavy atom. The van der Waals surface area contributed by atoms with Gasteiger partial charge < -0.3 is 15.3 Å². The zero-order valence-electron chi connectivity index (χ0n) is 17.0. The molecule has 0 radical (unpaired) electrons. The van der Waals surface area contributed by atoms with E-state index in [2.05, 4.69) is 27.4 Å². The van der Waals surface area contributed by atoms with Gasteiger partial charge in [0.1, 0.15) is 11.5 Å². The average Bonchev–Trinajstić information content (AvgIpc) is 2.80. The van der Waals surface area contributed by atoms with Gasteiger partial charge in [0.2, 0.25) is 0 Å². The van der Waals surface area contributed by atoms with Crippen molar-refractivity contribution < 1.29 is 23.1 Å². The van der Waals surface area contributed by atoms with Gasteiger partial charge in [0.05, 0.1) is 11.9 Å². The van der Waals surface area contributed by atoms with E-state index in [1.807, 2.05) is 18.2 Å². The molecule has 1 amide bonds. The van der Waals surface area contributed by atoms with Gasteiger partial charge in [-0.05, 0) is 54.2 Å². The van der Waals surface area contributed by atoms with Crippen LogP contribution in [0.3, 0.4) is 0 Å². The number of benzene rings is 1. The zero-order valence-corrected chi connectivity index (χ0v) is 17.0. The largest absolute Gasteiger partial charge is 0.465 e. The maximum absolute atomic E-state index is 12.6. The van der Waals surface area contributed by atoms with Crippen LogP contribution in [0.2, 0.25) is 0 Å². The number of likely N-dealkylation sites (tertiary alicyclic amines) is 1. The van der Waals surface area contributed by atoms with Crippen molar-refractivity contribution in [3.63, 3.8) is 0 Å². The van der Waals surface area contributed by atoms with Crippen molar-refractivity contribution in [1.82, 2.24) is 14.9 Å². The molecule has 3 aromatic rings. The molecule has 2 aromatic heterocycles. The first-order valence-electron chi connectivity index (χ1n) is 10.1. The molecule has 1 aliphatic heterocycles. The topological polar surface area (TPSA) is 78.4 Å². The monoisotopic (exact) mass is 442 g/mol. The van der Waals surface area contributed by atoms with Gasteiger partial charge in [0.25, 0.3) is 0 Å². The Morgan fingerprint density at radius 3 is 2.16 bits per heavy atom. The predicted molar refractivity (Wildman–Crippen MR) is 114 cm³/mol. The number of piperidine rings is 1. The lowest BCUT2D eigenvalue weighted by Crippen LogP contribution is -2.36. The first-order valence-corrected chi connectivity index (χ1v) is 10.1. The standard InChI is InChI=1S/C23H21F3N4O2/c24-23(25,26)20-7-6-19(14-27-20)29-21-8-5-18(13-28-21)16-3-1-15(2-4-16)17-9-11-30(12-10-17)22(31)32/h1-8,13-14,17H,9-12H2,(H,28,29)(H,31,32). The molecule has 9 heteroatoms. The zero-order chi connectivity index (χ0) is 22.7. The summed E-state index contributed by atoms with van der Waals surface area (Å²) in [4.78, 5) is 20.3. The molecule has 0 unspecified atom stereocenters. The number of hydrogen-bond donors (Lipinski definition) is 2. The molecule has 0 spiro atoms. The van der Waals surface area contributed by atoms with Crippen LogP contribution >= 0.6 is 0 Å². The third-order valence-corrected chi connectivity index (χ3v) is 5.57. The summed E-state index contributed by atoms with van der Waals surface area (Å²) in [5.41, 5.74) is 2.57. The Hall–Kier alpha value is -3.62. The van der Waals surface area contributed by atoms with Crippen molar-refractivity contribution >= 4 is 17.6 Å². The summed E-state index contributed by atoms with van der Waals surface area (Å²) in [5.74, 6) is 0.846. The van der Waals surface area contributed by atoms with Crippen LogP contribution in [0.25, 0.3) is 11.1 Å². The fourth-order valence-corrected chi connectivity index (χ4v) is 3.77. The number of nitrogens with zero attached hydrogens (tertiary/aromatic N) is 3. The quantitative estimate of drug-likeness (QED) is 0.537. The second kappa shape index (κ2) is 8.86. The number of carboxylic acid groups (broad SMARTS) is 1. The molecule has 0 atom stereocenters. The molecule has 32 heavy (non-hydrogen) atoms. The maximum atomic E-state index is 12.6. The van der Waals surface area contributed by atoms with E-state index in [1.165, 1.54) is 16.5 Å². The van der Waals surface area contributed by atoms with Crippen molar-refractivity contribution in [2.24, 2.45) is 0 Å². The number of halogens is 3. The second-order valence-corrected chi connectivity index (χ2v) is 7.65. The van der Waals surface area contributed by atoms with E-state index in [0.29, 0.717) is 30.5 Å². The summed E-state index contributed by atoms with van der Waals surface area (Å²) in [5, 5.41) is 12.0. The van der Waals surface area contributed by atoms with Crippen LogP contribution in [0.1, 0.15) is 30.0 Å². The summed E-state index contributed by atoms with van der Waals surface area (Å²) in [6.07, 6.45) is -0.889. The minimum atomic E-state index is -4.47. The summed E-state index contributed by atoms with van der Waals surface area (Å²) in [6, 6.07) is 14.0. The molecule has 6 nitrogen and oxygen atoms in total. The lowest BCUT2D eigenvalue weighted by Gasteiger charge is -2.30. The molecule has 0 aliphatic carbocycles. The number of pyridine rings is 2. The van der Waals surface area contributed by atoms with Gasteiger partial charge in [0, 0.05) is 24.8 Å². The van der Waals surface area contributed by atoms with Crippen LogP contribution in [-0.4, -0.2) is 39.2 Å². The Morgan fingerprint density at radius 1 is 0.938 bits per heavy atom. The van der Waals surface area contributed by atoms with Crippen LogP contribution in [0.15, 0.2) is 60.9 Å². The first-order chi connectivity index (χ1) is 15.3. The van der Waals surface area contributed by atoms with Crippen molar-refractivity contribution in [3.05, 3.63) is 72.2 Å². The molecule has 0 saturated carbocycles. The Kier molecular flexibility index (Phi) is 5.98. The van der Waals surface area contributed by atoms with Crippen LogP contribution < -0.4 is 5.32 Å². The number of aromatic nitrogens is 2. The number of amides is 1. The number of alkyl halides is 3. The summed E-state index contributed by atoms with van der Waals surface area (Å²) in [6.45, 7) is 1.10. The highest BCUT2D eigenvalue weighted by Gasteiger charge is 2.32. The van der Waals surface area contributed by atoms with E-state index in [1.54, 1.807) is 12.3 Å². The van der Waals surface area contributed by atoms with Crippen LogP contribution in [0.4, 0.5) is 29.5 Å². The number of hydrogen-bond acceptors (Lipinski definition) is 4. The highest BCUT2D eigenvalue weighted by Crippen LogP contribution is 2.31. The number of carbonyl (C=O) groups is 1. The predicted octanol–water partition coefficient (Wildman–Crippen LogP) is 5.76. The average molecular weight is 442 g/mol. The molecular weight excluding hydrogens is 421 g/mol. The lowest BCUT2D eigenvalue weighted by atomic mass is 9.89. The summed E-state index contributed by atoms with van der Waals surface area (Å²) >= 11 is 0. The fraction of sp³-hybridized carbons (Fsp3) is 0.261. The molecule has 3 heterocycles. The van der Waals surface area contributed by atoms with Gasteiger partial charge in [-0.15, -0.1) is 0 Å². The molecule has 1 saturated heterocycles. The number of anilines is 2. The number of rotatable bonds is 4. The lowest BCUT2D eigenvalue weighted by molar-refractivity contribution is -0.141. The fourth-order valence-electron chi connectivity index (χ4n) is 3.77. The van der Waals surface area contributed by atoms with Crippen LogP contribution in [0.5, 0.6) is 0 Å². The highest BCUT2D eigenvalue weighted by atomic mass is 19.4. The SMILES string of the molecule is O=C(O)N1CCC(c2ccc(-c3ccc(Nc4ccc(C(F)(F)F)nc4)nc3)cc2)CC1. The molecule has 1 aromatic carbocycles. The van der Waals surface area contributed by atoms with Crippen molar-refractivity contribution in [3.8, 4) is 11.1 Å². The van der Waals surface area contributed by atoms with Crippen molar-refractivity contribution in [2.45, 2.75) is 24.9 Å². The summed E-state index contributed by atoms with van der Waals surface area (Å²) < 4.78 is 37.8. The third kappa shape index (κ3) is 4.99. The minimum absolute atomic E-state index is 0.349. The smallest absolute Gasteiger partial charge is 0.433 e. The Bertz CT molecular complexity index is 1060. The van der Waals surface area contributed by atoms with Gasteiger partial charge in [-0.2, -0.15) is 13.2 Å². The maximum Gasteiger partial charge on any atom is 0.433 e. The van der Waals surface area contributed by atoms with E-state index in [9.17, 15) is 18.0 Å². The molecule has 1 aliphatic rings. The van der Waals surface area contributed by atoms with Gasteiger partial charge >= 0.3 is 12.3 Å². The second-order valence-electron chi connectivity index (χ2n) is 7.65. The molecule has 4 rings (SSSR count). The molecule has 2 N–H and O–H groups in total. The summed E-state index contributed by atoms with van der Waals surface area (Å²) in [7, 11) is 0. The van der Waals surface area contributed by atoms with E-state index in [-0.39, 0.29) is 0 Å². The van der Waals surface area contributed by atoms with Crippen molar-refractivity contribution in [1.29, 1.82) is 0 Å². The van der Waals surface area contributed by atoms with Gasteiger partial charge in [0.15, 0.2) is 0 Å². The minimum Gasteiger partial charge on any atom is -0.465 e. The van der Waals surface area contributed by atoms with Crippen LogP contribution in [0, 0.1) is 0 Å². The molecule has 166 valence electrons. The number of nitrogens with one attached hydrogen (secondary N) is 1. The Balaban J connectivity index is 1.38. The van der Waals surface area contributed by atoms with Gasteiger partial charge in [-0.3, -0.25) is 0 Å². The van der Waals surface area contributed by atoms with Crippen molar-refractivity contribution in [2.75, 3.05) is 18.4 Å². The van der Waals surface area contributed by atoms with E-state index >= 15 is 0 Å². The molecule has 1 fully saturated rings. The Labute approximate surface area is 182 Å². The van der Waals surface area contributed by atoms with Crippen LogP contribution in [-0.2, 0) is 6.18 Å². The highest BCUT2D eigenvalue weighted by molar-refractivity contribution is 5.66. The van der Waals surface area contributed by atoms with E-state index in [4.69, 9.17) is 5.11 Å². The van der Waals surface area contributed by atoms with Gasteiger partial charge in [-0.25, -0.2) is 14.8 Å². The first kappa shape index (κ1) is 21.6. The van der Waals surface area contributed by atoms with E-state index < -0.39 is 18.0 Å². The molecule has 0 bridgehead atoms.